The Hall–Kier alpha value is -1.95. The molecule has 1 heterocycles. The lowest BCUT2D eigenvalue weighted by molar-refractivity contribution is 0.0926. The van der Waals surface area contributed by atoms with Crippen LogP contribution in [0.2, 0.25) is 0 Å². The third kappa shape index (κ3) is 4.77. The quantitative estimate of drug-likeness (QED) is 0.696. The maximum atomic E-state index is 12.7. The number of benzene rings is 1. The van der Waals surface area contributed by atoms with Crippen LogP contribution in [0.4, 0.5) is 11.4 Å². The van der Waals surface area contributed by atoms with Crippen molar-refractivity contribution in [3.05, 3.63) is 17.7 Å². The number of hydrogen-bond donors (Lipinski definition) is 3. The number of hydrogen-bond acceptors (Lipinski definition) is 5. The Bertz CT molecular complexity index is 562. The molecule has 1 amide bonds. The number of nitrogens with one attached hydrogen (secondary N) is 2. The number of likely N-dealkylation sites (tertiary alicyclic amines) is 1. The van der Waals surface area contributed by atoms with E-state index in [4.69, 9.17) is 10.5 Å². The molecule has 0 aromatic heterocycles. The van der Waals surface area contributed by atoms with Gasteiger partial charge in [0.05, 0.1) is 24.0 Å². The normalized spacial score (nSPS) is 18.7. The fourth-order valence-corrected chi connectivity index (χ4v) is 3.07. The van der Waals surface area contributed by atoms with E-state index in [1.165, 1.54) is 6.42 Å². The standard InChI is InChI=1S/C18H30N4O2/c1-4-8-20-16-11-17(24-3)14(10-15(16)19)18(23)21-13-7-5-6-9-22(2)12-13/h10-11,13,20H,4-9,12,19H2,1-3H3,(H,21,23). The van der Waals surface area contributed by atoms with E-state index in [-0.39, 0.29) is 11.9 Å². The number of amides is 1. The van der Waals surface area contributed by atoms with Gasteiger partial charge in [-0.1, -0.05) is 13.3 Å². The van der Waals surface area contributed by atoms with Crippen LogP contribution in [0, 0.1) is 0 Å². The Morgan fingerprint density at radius 2 is 2.21 bits per heavy atom. The van der Waals surface area contributed by atoms with Crippen molar-refractivity contribution in [3.8, 4) is 5.75 Å². The molecule has 0 bridgehead atoms. The first-order chi connectivity index (χ1) is 11.5. The van der Waals surface area contributed by atoms with Crippen LogP contribution < -0.4 is 21.1 Å². The van der Waals surface area contributed by atoms with Crippen LogP contribution in [0.5, 0.6) is 5.75 Å². The van der Waals surface area contributed by atoms with Crippen molar-refractivity contribution < 1.29 is 9.53 Å². The van der Waals surface area contributed by atoms with E-state index < -0.39 is 0 Å². The summed E-state index contributed by atoms with van der Waals surface area (Å²) in [5, 5.41) is 6.39. The number of nitrogens with zero attached hydrogens (tertiary/aromatic N) is 1. The van der Waals surface area contributed by atoms with Crippen LogP contribution in [0.15, 0.2) is 12.1 Å². The summed E-state index contributed by atoms with van der Waals surface area (Å²) in [6.45, 7) is 4.87. The number of rotatable bonds is 6. The average Bonchev–Trinajstić information content (AvgIpc) is 2.77. The van der Waals surface area contributed by atoms with Crippen molar-refractivity contribution in [1.29, 1.82) is 0 Å². The van der Waals surface area contributed by atoms with Crippen molar-refractivity contribution in [2.45, 2.75) is 38.6 Å². The van der Waals surface area contributed by atoms with E-state index in [9.17, 15) is 4.79 Å². The Morgan fingerprint density at radius 3 is 2.92 bits per heavy atom. The first kappa shape index (κ1) is 18.4. The van der Waals surface area contributed by atoms with Crippen molar-refractivity contribution in [1.82, 2.24) is 10.2 Å². The van der Waals surface area contributed by atoms with Gasteiger partial charge < -0.3 is 26.0 Å². The van der Waals surface area contributed by atoms with E-state index in [1.54, 1.807) is 19.2 Å². The average molecular weight is 334 g/mol. The minimum absolute atomic E-state index is 0.124. The second-order valence-electron chi connectivity index (χ2n) is 6.49. The number of carbonyl (C=O) groups is 1. The fourth-order valence-electron chi connectivity index (χ4n) is 3.07. The Balaban J connectivity index is 2.14. The highest BCUT2D eigenvalue weighted by Gasteiger charge is 2.21. The summed E-state index contributed by atoms with van der Waals surface area (Å²) in [7, 11) is 3.67. The molecule has 1 aromatic carbocycles. The summed E-state index contributed by atoms with van der Waals surface area (Å²) in [6.07, 6.45) is 4.31. The number of likely N-dealkylation sites (N-methyl/N-ethyl adjacent to an activating group) is 1. The van der Waals surface area contributed by atoms with Gasteiger partial charge in [-0.25, -0.2) is 0 Å². The first-order valence-corrected chi connectivity index (χ1v) is 8.76. The maximum Gasteiger partial charge on any atom is 0.255 e. The van der Waals surface area contributed by atoms with E-state index in [2.05, 4.69) is 29.5 Å². The molecular formula is C18H30N4O2. The summed E-state index contributed by atoms with van der Waals surface area (Å²) >= 11 is 0. The van der Waals surface area contributed by atoms with Gasteiger partial charge in [0.15, 0.2) is 0 Å². The Kier molecular flexibility index (Phi) is 6.73. The molecule has 1 unspecified atom stereocenters. The second-order valence-corrected chi connectivity index (χ2v) is 6.49. The van der Waals surface area contributed by atoms with Gasteiger partial charge in [-0.05, 0) is 38.9 Å². The topological polar surface area (TPSA) is 79.6 Å². The molecule has 1 aliphatic heterocycles. The highest BCUT2D eigenvalue weighted by atomic mass is 16.5. The zero-order chi connectivity index (χ0) is 17.5. The van der Waals surface area contributed by atoms with Crippen molar-refractivity contribution in [3.63, 3.8) is 0 Å². The maximum absolute atomic E-state index is 12.7. The van der Waals surface area contributed by atoms with Gasteiger partial charge >= 0.3 is 0 Å². The monoisotopic (exact) mass is 334 g/mol. The van der Waals surface area contributed by atoms with E-state index >= 15 is 0 Å². The molecule has 2 rings (SSSR count). The molecule has 134 valence electrons. The van der Waals surface area contributed by atoms with E-state index in [1.807, 2.05) is 0 Å². The first-order valence-electron chi connectivity index (χ1n) is 8.76. The Morgan fingerprint density at radius 1 is 1.42 bits per heavy atom. The summed E-state index contributed by atoms with van der Waals surface area (Å²) in [4.78, 5) is 15.0. The molecule has 4 N–H and O–H groups in total. The summed E-state index contributed by atoms with van der Waals surface area (Å²) < 4.78 is 5.41. The largest absolute Gasteiger partial charge is 0.496 e. The third-order valence-corrected chi connectivity index (χ3v) is 4.39. The van der Waals surface area contributed by atoms with Crippen molar-refractivity contribution in [2.75, 3.05) is 44.8 Å². The number of ether oxygens (including phenoxy) is 1. The molecule has 6 nitrogen and oxygen atoms in total. The second kappa shape index (κ2) is 8.78. The molecule has 0 saturated carbocycles. The van der Waals surface area contributed by atoms with Crippen molar-refractivity contribution >= 4 is 17.3 Å². The number of nitrogen functional groups attached to an aromatic ring is 1. The van der Waals surface area contributed by atoms with Gasteiger partial charge in [0.25, 0.3) is 5.91 Å². The number of methoxy groups -OCH3 is 1. The van der Waals surface area contributed by atoms with Crippen LogP contribution in [0.25, 0.3) is 0 Å². The smallest absolute Gasteiger partial charge is 0.255 e. The molecule has 1 saturated heterocycles. The SMILES string of the molecule is CCCNc1cc(OC)c(C(=O)NC2CCCCN(C)C2)cc1N. The van der Waals surface area contributed by atoms with Crippen LogP contribution in [-0.4, -0.2) is 50.6 Å². The van der Waals surface area contributed by atoms with Gasteiger partial charge in [0.1, 0.15) is 5.75 Å². The highest BCUT2D eigenvalue weighted by Crippen LogP contribution is 2.29. The van der Waals surface area contributed by atoms with Crippen LogP contribution in [-0.2, 0) is 0 Å². The van der Waals surface area contributed by atoms with Gasteiger partial charge in [-0.15, -0.1) is 0 Å². The lowest BCUT2D eigenvalue weighted by atomic mass is 10.1. The van der Waals surface area contributed by atoms with Gasteiger partial charge in [0, 0.05) is 25.2 Å². The van der Waals surface area contributed by atoms with Crippen LogP contribution in [0.3, 0.4) is 0 Å². The Labute approximate surface area is 144 Å². The minimum Gasteiger partial charge on any atom is -0.496 e. The van der Waals surface area contributed by atoms with Gasteiger partial charge in [0.2, 0.25) is 0 Å². The lowest BCUT2D eigenvalue weighted by Gasteiger charge is -2.22. The highest BCUT2D eigenvalue weighted by molar-refractivity contribution is 5.99. The summed E-state index contributed by atoms with van der Waals surface area (Å²) in [6, 6.07) is 3.67. The zero-order valence-corrected chi connectivity index (χ0v) is 15.0. The number of carbonyl (C=O) groups excluding carboxylic acids is 1. The van der Waals surface area contributed by atoms with Gasteiger partial charge in [-0.3, -0.25) is 4.79 Å². The van der Waals surface area contributed by atoms with Gasteiger partial charge in [-0.2, -0.15) is 0 Å². The molecule has 0 radical (unpaired) electrons. The van der Waals surface area contributed by atoms with E-state index in [0.29, 0.717) is 17.0 Å². The molecule has 0 spiro atoms. The number of anilines is 2. The predicted octanol–water partition coefficient (Wildman–Crippen LogP) is 2.31. The molecule has 24 heavy (non-hydrogen) atoms. The molecule has 6 heteroatoms. The predicted molar refractivity (Wildman–Crippen MR) is 98.8 cm³/mol. The van der Waals surface area contributed by atoms with Crippen LogP contribution >= 0.6 is 0 Å². The zero-order valence-electron chi connectivity index (χ0n) is 15.0. The fraction of sp³-hybridized carbons (Fsp3) is 0.611. The summed E-state index contributed by atoms with van der Waals surface area (Å²) in [5.74, 6) is 0.420. The molecule has 1 aromatic rings. The third-order valence-electron chi connectivity index (χ3n) is 4.39. The number of nitrogens with two attached hydrogens (primary N) is 1. The molecular weight excluding hydrogens is 304 g/mol. The summed E-state index contributed by atoms with van der Waals surface area (Å²) in [5.41, 5.74) is 7.95. The molecule has 1 aliphatic rings. The lowest BCUT2D eigenvalue weighted by Crippen LogP contribution is -2.41. The minimum atomic E-state index is -0.124. The van der Waals surface area contributed by atoms with E-state index in [0.717, 1.165) is 44.6 Å². The van der Waals surface area contributed by atoms with Crippen LogP contribution in [0.1, 0.15) is 43.0 Å². The molecule has 0 aliphatic carbocycles. The molecule has 1 atom stereocenters. The van der Waals surface area contributed by atoms with Crippen molar-refractivity contribution in [2.24, 2.45) is 0 Å². The molecule has 1 fully saturated rings.